The Bertz CT molecular complexity index is 611. The highest BCUT2D eigenvalue weighted by Crippen LogP contribution is 2.21. The third-order valence-corrected chi connectivity index (χ3v) is 2.78. The van der Waals surface area contributed by atoms with E-state index in [0.717, 1.165) is 11.4 Å². The van der Waals surface area contributed by atoms with Crippen molar-refractivity contribution in [3.63, 3.8) is 0 Å². The molecule has 0 aliphatic rings. The van der Waals surface area contributed by atoms with Crippen LogP contribution in [0.3, 0.4) is 0 Å². The molecule has 0 atom stereocenters. The minimum atomic E-state index is -0.403. The van der Waals surface area contributed by atoms with Crippen molar-refractivity contribution in [1.82, 2.24) is 15.0 Å². The minimum absolute atomic E-state index is 0.0117. The summed E-state index contributed by atoms with van der Waals surface area (Å²) in [6, 6.07) is 4.85. The molecule has 2 rings (SSSR count). The SMILES string of the molecule is Cc1cc(NCc2cn(CCO)nn2)ccc1[N+](=O)[O-]. The van der Waals surface area contributed by atoms with Crippen molar-refractivity contribution in [2.75, 3.05) is 11.9 Å². The van der Waals surface area contributed by atoms with Gasteiger partial charge in [0.15, 0.2) is 0 Å². The summed E-state index contributed by atoms with van der Waals surface area (Å²) >= 11 is 0. The quantitative estimate of drug-likeness (QED) is 0.605. The number of aliphatic hydroxyl groups is 1. The van der Waals surface area contributed by atoms with Gasteiger partial charge in [-0.2, -0.15) is 0 Å². The van der Waals surface area contributed by atoms with Gasteiger partial charge in [-0.1, -0.05) is 5.21 Å². The number of nitro groups is 1. The van der Waals surface area contributed by atoms with E-state index < -0.39 is 4.92 Å². The fraction of sp³-hybridized carbons (Fsp3) is 0.333. The highest BCUT2D eigenvalue weighted by atomic mass is 16.6. The van der Waals surface area contributed by atoms with Crippen LogP contribution in [-0.2, 0) is 13.1 Å². The van der Waals surface area contributed by atoms with Crippen molar-refractivity contribution < 1.29 is 10.0 Å². The molecular formula is C12H15N5O3. The van der Waals surface area contributed by atoms with Gasteiger partial charge in [0.2, 0.25) is 0 Å². The number of hydrogen-bond acceptors (Lipinski definition) is 6. The molecule has 0 amide bonds. The molecular weight excluding hydrogens is 262 g/mol. The highest BCUT2D eigenvalue weighted by Gasteiger charge is 2.10. The normalized spacial score (nSPS) is 10.5. The molecule has 8 heteroatoms. The van der Waals surface area contributed by atoms with E-state index in [1.807, 2.05) is 0 Å². The first-order valence-electron chi connectivity index (χ1n) is 6.09. The third kappa shape index (κ3) is 3.29. The van der Waals surface area contributed by atoms with Gasteiger partial charge in [-0.3, -0.25) is 10.1 Å². The molecule has 0 spiro atoms. The molecule has 2 aromatic rings. The molecule has 2 N–H and O–H groups in total. The van der Waals surface area contributed by atoms with Crippen LogP contribution < -0.4 is 5.32 Å². The van der Waals surface area contributed by atoms with Crippen LogP contribution in [0.1, 0.15) is 11.3 Å². The van der Waals surface area contributed by atoms with E-state index in [2.05, 4.69) is 15.6 Å². The minimum Gasteiger partial charge on any atom is -0.394 e. The van der Waals surface area contributed by atoms with Crippen LogP contribution in [0.15, 0.2) is 24.4 Å². The lowest BCUT2D eigenvalue weighted by atomic mass is 10.2. The van der Waals surface area contributed by atoms with E-state index in [1.165, 1.54) is 6.07 Å². The topological polar surface area (TPSA) is 106 Å². The number of anilines is 1. The number of nitrogens with one attached hydrogen (secondary N) is 1. The molecule has 1 heterocycles. The number of hydrogen-bond donors (Lipinski definition) is 2. The van der Waals surface area contributed by atoms with Crippen LogP contribution in [0.4, 0.5) is 11.4 Å². The average Bonchev–Trinajstić information content (AvgIpc) is 2.84. The summed E-state index contributed by atoms with van der Waals surface area (Å²) in [4.78, 5) is 10.3. The molecule has 8 nitrogen and oxygen atoms in total. The van der Waals surface area contributed by atoms with Crippen LogP contribution in [0, 0.1) is 17.0 Å². The van der Waals surface area contributed by atoms with Crippen LogP contribution in [-0.4, -0.2) is 31.6 Å². The zero-order valence-electron chi connectivity index (χ0n) is 11.0. The second-order valence-corrected chi connectivity index (χ2v) is 4.31. The summed E-state index contributed by atoms with van der Waals surface area (Å²) in [5, 5.41) is 30.4. The zero-order chi connectivity index (χ0) is 14.5. The van der Waals surface area contributed by atoms with E-state index in [1.54, 1.807) is 29.9 Å². The summed E-state index contributed by atoms with van der Waals surface area (Å²) < 4.78 is 1.55. The molecule has 0 saturated carbocycles. The van der Waals surface area contributed by atoms with Crippen molar-refractivity contribution in [2.24, 2.45) is 0 Å². The molecule has 0 saturated heterocycles. The van der Waals surface area contributed by atoms with E-state index in [-0.39, 0.29) is 12.3 Å². The molecule has 0 radical (unpaired) electrons. The Morgan fingerprint density at radius 3 is 2.95 bits per heavy atom. The van der Waals surface area contributed by atoms with Gasteiger partial charge in [0, 0.05) is 17.3 Å². The van der Waals surface area contributed by atoms with Crippen molar-refractivity contribution in [2.45, 2.75) is 20.0 Å². The lowest BCUT2D eigenvalue weighted by molar-refractivity contribution is -0.385. The first-order chi connectivity index (χ1) is 9.60. The predicted molar refractivity (Wildman–Crippen MR) is 72.3 cm³/mol. The van der Waals surface area contributed by atoms with Gasteiger partial charge in [-0.15, -0.1) is 5.10 Å². The monoisotopic (exact) mass is 277 g/mol. The Labute approximate surface area is 115 Å². The van der Waals surface area contributed by atoms with Crippen molar-refractivity contribution in [3.05, 3.63) is 45.8 Å². The predicted octanol–water partition coefficient (Wildman–Crippen LogP) is 1.10. The Kier molecular flexibility index (Phi) is 4.26. The number of nitrogens with zero attached hydrogens (tertiary/aromatic N) is 4. The summed E-state index contributed by atoms with van der Waals surface area (Å²) in [6.45, 7) is 2.57. The summed E-state index contributed by atoms with van der Waals surface area (Å²) in [5.41, 5.74) is 2.22. The van der Waals surface area contributed by atoms with Gasteiger partial charge in [0.05, 0.1) is 30.8 Å². The smallest absolute Gasteiger partial charge is 0.272 e. The van der Waals surface area contributed by atoms with Crippen molar-refractivity contribution in [1.29, 1.82) is 0 Å². The maximum Gasteiger partial charge on any atom is 0.272 e. The standard InChI is InChI=1S/C12H15N5O3/c1-9-6-10(2-3-12(9)17(19)20)13-7-11-8-16(4-5-18)15-14-11/h2-3,6,8,13,18H,4-5,7H2,1H3. The molecule has 0 fully saturated rings. The third-order valence-electron chi connectivity index (χ3n) is 2.78. The van der Waals surface area contributed by atoms with Gasteiger partial charge in [-0.25, -0.2) is 4.68 Å². The van der Waals surface area contributed by atoms with Gasteiger partial charge in [0.25, 0.3) is 5.69 Å². The molecule has 0 unspecified atom stereocenters. The molecule has 106 valence electrons. The molecule has 0 aliphatic carbocycles. The first kappa shape index (κ1) is 13.9. The maximum atomic E-state index is 10.7. The zero-order valence-corrected chi connectivity index (χ0v) is 11.0. The number of aryl methyl sites for hydroxylation is 1. The number of rotatable bonds is 6. The number of aromatic nitrogens is 3. The Morgan fingerprint density at radius 2 is 2.30 bits per heavy atom. The maximum absolute atomic E-state index is 10.7. The van der Waals surface area contributed by atoms with Crippen molar-refractivity contribution >= 4 is 11.4 Å². The lowest BCUT2D eigenvalue weighted by Crippen LogP contribution is -2.02. The van der Waals surface area contributed by atoms with Crippen molar-refractivity contribution in [3.8, 4) is 0 Å². The molecule has 0 aliphatic heterocycles. The van der Waals surface area contributed by atoms with Gasteiger partial charge >= 0.3 is 0 Å². The van der Waals surface area contributed by atoms with E-state index in [0.29, 0.717) is 18.7 Å². The molecule has 1 aromatic heterocycles. The number of nitro benzene ring substituents is 1. The number of benzene rings is 1. The Morgan fingerprint density at radius 1 is 1.50 bits per heavy atom. The fourth-order valence-corrected chi connectivity index (χ4v) is 1.79. The van der Waals surface area contributed by atoms with Crippen LogP contribution >= 0.6 is 0 Å². The number of aliphatic hydroxyl groups excluding tert-OH is 1. The van der Waals surface area contributed by atoms with Crippen LogP contribution in [0.5, 0.6) is 0 Å². The van der Waals surface area contributed by atoms with Crippen LogP contribution in [0.25, 0.3) is 0 Å². The molecule has 1 aromatic carbocycles. The lowest BCUT2D eigenvalue weighted by Gasteiger charge is -2.05. The molecule has 0 bridgehead atoms. The second kappa shape index (κ2) is 6.11. The van der Waals surface area contributed by atoms with E-state index in [4.69, 9.17) is 5.11 Å². The highest BCUT2D eigenvalue weighted by molar-refractivity contribution is 5.53. The largest absolute Gasteiger partial charge is 0.394 e. The summed E-state index contributed by atoms with van der Waals surface area (Å²) in [6.07, 6.45) is 1.74. The van der Waals surface area contributed by atoms with Gasteiger partial charge < -0.3 is 10.4 Å². The van der Waals surface area contributed by atoms with E-state index in [9.17, 15) is 10.1 Å². The molecule has 20 heavy (non-hydrogen) atoms. The Hall–Kier alpha value is -2.48. The second-order valence-electron chi connectivity index (χ2n) is 4.31. The fourth-order valence-electron chi connectivity index (χ4n) is 1.79. The summed E-state index contributed by atoms with van der Waals surface area (Å²) in [5.74, 6) is 0. The average molecular weight is 277 g/mol. The van der Waals surface area contributed by atoms with Gasteiger partial charge in [0.1, 0.15) is 5.69 Å². The van der Waals surface area contributed by atoms with E-state index >= 15 is 0 Å². The Balaban J connectivity index is 1.99. The first-order valence-corrected chi connectivity index (χ1v) is 6.09. The van der Waals surface area contributed by atoms with Gasteiger partial charge in [-0.05, 0) is 19.1 Å². The summed E-state index contributed by atoms with van der Waals surface area (Å²) in [7, 11) is 0. The van der Waals surface area contributed by atoms with Crippen LogP contribution in [0.2, 0.25) is 0 Å².